The number of rotatable bonds is 11. The van der Waals surface area contributed by atoms with Gasteiger partial charge in [-0.1, -0.05) is 36.9 Å². The van der Waals surface area contributed by atoms with E-state index in [1.165, 1.54) is 0 Å². The molecule has 0 saturated carbocycles. The summed E-state index contributed by atoms with van der Waals surface area (Å²) in [6.45, 7) is 10.8. The molecule has 0 aliphatic rings. The molecule has 2 rings (SSSR count). The molecule has 156 valence electrons. The van der Waals surface area contributed by atoms with Gasteiger partial charge in [0.2, 0.25) is 0 Å². The lowest BCUT2D eigenvalue weighted by Crippen LogP contribution is -2.45. The summed E-state index contributed by atoms with van der Waals surface area (Å²) in [5, 5.41) is 15.9. The van der Waals surface area contributed by atoms with E-state index >= 15 is 0 Å². The number of allylic oxidation sites excluding steroid dienone is 3. The van der Waals surface area contributed by atoms with Gasteiger partial charge in [0.1, 0.15) is 18.5 Å². The molecule has 0 radical (unpaired) electrons. The van der Waals surface area contributed by atoms with E-state index in [9.17, 15) is 5.11 Å². The zero-order chi connectivity index (χ0) is 21.3. The number of thiophene rings is 1. The molecule has 4 N–H and O–H groups in total. The summed E-state index contributed by atoms with van der Waals surface area (Å²) in [6.07, 6.45) is 5.58. The van der Waals surface area contributed by atoms with Crippen LogP contribution in [0.5, 0.6) is 5.75 Å². The Balaban J connectivity index is 1.89. The lowest BCUT2D eigenvalue weighted by atomic mass is 9.91. The number of benzene rings is 1. The van der Waals surface area contributed by atoms with Gasteiger partial charge in [-0.15, -0.1) is 11.3 Å². The van der Waals surface area contributed by atoms with Crippen molar-refractivity contribution < 1.29 is 9.84 Å². The molecule has 0 saturated heterocycles. The Morgan fingerprint density at radius 3 is 2.72 bits per heavy atom. The highest BCUT2D eigenvalue weighted by Crippen LogP contribution is 2.33. The van der Waals surface area contributed by atoms with Crippen LogP contribution in [0.1, 0.15) is 27.2 Å². The summed E-state index contributed by atoms with van der Waals surface area (Å²) in [6, 6.07) is 12.0. The summed E-state index contributed by atoms with van der Waals surface area (Å²) in [5.74, 6) is 0.782. The van der Waals surface area contributed by atoms with E-state index in [-0.39, 0.29) is 12.1 Å². The molecule has 1 aromatic carbocycles. The highest BCUT2D eigenvalue weighted by Gasteiger charge is 2.21. The molecular formula is C24H32N2O2S. The molecule has 5 heteroatoms. The van der Waals surface area contributed by atoms with Crippen LogP contribution in [0.3, 0.4) is 0 Å². The number of hydrogen-bond donors (Lipinski definition) is 3. The van der Waals surface area contributed by atoms with Crippen LogP contribution in [0.4, 0.5) is 0 Å². The fourth-order valence-electron chi connectivity index (χ4n) is 2.99. The Morgan fingerprint density at radius 1 is 1.31 bits per heavy atom. The van der Waals surface area contributed by atoms with Gasteiger partial charge in [-0.25, -0.2) is 0 Å². The standard InChI is InChI=1S/C24H32N2O2S/c1-5-9-18(2)19(15-25)14-24(3,4)26-16-20(27)17-28-22-11-7-6-10-21(22)23-12-8-13-29-23/h5-13,15,20,26-27H,2,14,16-17,25H2,1,3-4H3/b9-5-,19-15-. The maximum Gasteiger partial charge on any atom is 0.128 e. The number of hydrogen-bond acceptors (Lipinski definition) is 5. The SMILES string of the molecule is C=C(/C=C\C)/C(=C\N)CC(C)(C)NCC(O)COc1ccccc1-c1cccs1. The van der Waals surface area contributed by atoms with Crippen LogP contribution in [-0.4, -0.2) is 29.9 Å². The Bertz CT molecular complexity index is 838. The molecule has 1 atom stereocenters. The fraction of sp³-hybridized carbons (Fsp3) is 0.333. The third kappa shape index (κ3) is 7.20. The van der Waals surface area contributed by atoms with Gasteiger partial charge in [0, 0.05) is 22.5 Å². The topological polar surface area (TPSA) is 67.5 Å². The molecular weight excluding hydrogens is 380 g/mol. The number of ether oxygens (including phenoxy) is 1. The first-order valence-corrected chi connectivity index (χ1v) is 10.7. The Morgan fingerprint density at radius 2 is 2.07 bits per heavy atom. The van der Waals surface area contributed by atoms with Crippen molar-refractivity contribution in [2.45, 2.75) is 38.8 Å². The van der Waals surface area contributed by atoms with Crippen molar-refractivity contribution in [3.05, 3.63) is 77.9 Å². The van der Waals surface area contributed by atoms with E-state index in [1.807, 2.05) is 54.8 Å². The van der Waals surface area contributed by atoms with Gasteiger partial charge >= 0.3 is 0 Å². The largest absolute Gasteiger partial charge is 0.490 e. The second-order valence-electron chi connectivity index (χ2n) is 7.60. The highest BCUT2D eigenvalue weighted by atomic mass is 32.1. The van der Waals surface area contributed by atoms with Crippen LogP contribution >= 0.6 is 11.3 Å². The van der Waals surface area contributed by atoms with Crippen molar-refractivity contribution in [2.75, 3.05) is 13.2 Å². The first-order valence-electron chi connectivity index (χ1n) is 9.78. The molecule has 29 heavy (non-hydrogen) atoms. The maximum absolute atomic E-state index is 10.4. The van der Waals surface area contributed by atoms with Crippen LogP contribution in [0.15, 0.2) is 77.9 Å². The minimum atomic E-state index is -0.630. The van der Waals surface area contributed by atoms with Gasteiger partial charge in [0.05, 0.1) is 0 Å². The third-order valence-corrected chi connectivity index (χ3v) is 5.44. The van der Waals surface area contributed by atoms with Crippen LogP contribution < -0.4 is 15.8 Å². The summed E-state index contributed by atoms with van der Waals surface area (Å²) in [5.41, 5.74) is 8.47. The molecule has 0 aliphatic heterocycles. The zero-order valence-corrected chi connectivity index (χ0v) is 18.3. The van der Waals surface area contributed by atoms with Crippen molar-refractivity contribution in [2.24, 2.45) is 5.73 Å². The minimum Gasteiger partial charge on any atom is -0.490 e. The number of aliphatic hydroxyl groups is 1. The zero-order valence-electron chi connectivity index (χ0n) is 17.5. The second kappa shape index (κ2) is 11.0. The molecule has 0 amide bonds. The van der Waals surface area contributed by atoms with Gasteiger partial charge in [-0.3, -0.25) is 0 Å². The number of nitrogens with one attached hydrogen (secondary N) is 1. The molecule has 0 fully saturated rings. The Labute approximate surface area is 178 Å². The Hall–Kier alpha value is -2.34. The molecule has 0 spiro atoms. The van der Waals surface area contributed by atoms with Crippen molar-refractivity contribution in [3.8, 4) is 16.2 Å². The maximum atomic E-state index is 10.4. The van der Waals surface area contributed by atoms with E-state index in [1.54, 1.807) is 17.5 Å². The average Bonchev–Trinajstić information content (AvgIpc) is 3.24. The molecule has 2 aromatic rings. The second-order valence-corrected chi connectivity index (χ2v) is 8.54. The summed E-state index contributed by atoms with van der Waals surface area (Å²) in [7, 11) is 0. The number of para-hydroxylation sites is 1. The van der Waals surface area contributed by atoms with E-state index in [4.69, 9.17) is 10.5 Å². The summed E-state index contributed by atoms with van der Waals surface area (Å²) < 4.78 is 5.92. The molecule has 4 nitrogen and oxygen atoms in total. The van der Waals surface area contributed by atoms with E-state index < -0.39 is 6.10 Å². The highest BCUT2D eigenvalue weighted by molar-refractivity contribution is 7.13. The van der Waals surface area contributed by atoms with E-state index in [2.05, 4.69) is 31.8 Å². The first-order chi connectivity index (χ1) is 13.9. The van der Waals surface area contributed by atoms with Crippen LogP contribution in [0.25, 0.3) is 10.4 Å². The van der Waals surface area contributed by atoms with Gasteiger partial charge in [0.25, 0.3) is 0 Å². The molecule has 0 aliphatic carbocycles. The third-order valence-electron chi connectivity index (χ3n) is 4.54. The van der Waals surface area contributed by atoms with Gasteiger partial charge in [-0.2, -0.15) is 0 Å². The normalized spacial score (nSPS) is 13.6. The quantitative estimate of drug-likeness (QED) is 0.460. The summed E-state index contributed by atoms with van der Waals surface area (Å²) in [4.78, 5) is 1.15. The number of nitrogens with two attached hydrogens (primary N) is 1. The number of β-amino-alcohol motifs (C(OH)–C–C–N with tert-alkyl or cyclic N) is 1. The van der Waals surface area contributed by atoms with Gasteiger partial charge in [0.15, 0.2) is 0 Å². The van der Waals surface area contributed by atoms with Crippen molar-refractivity contribution in [3.63, 3.8) is 0 Å². The average molecular weight is 413 g/mol. The molecule has 1 unspecified atom stereocenters. The van der Waals surface area contributed by atoms with Crippen molar-refractivity contribution >= 4 is 11.3 Å². The minimum absolute atomic E-state index is 0.219. The van der Waals surface area contributed by atoms with Gasteiger partial charge in [-0.05, 0) is 68.1 Å². The predicted molar refractivity (Wildman–Crippen MR) is 124 cm³/mol. The molecule has 0 bridgehead atoms. The lowest BCUT2D eigenvalue weighted by Gasteiger charge is -2.29. The monoisotopic (exact) mass is 412 g/mol. The van der Waals surface area contributed by atoms with E-state index in [0.717, 1.165) is 27.3 Å². The van der Waals surface area contributed by atoms with Crippen molar-refractivity contribution in [1.82, 2.24) is 5.32 Å². The van der Waals surface area contributed by atoms with Crippen molar-refractivity contribution in [1.29, 1.82) is 0 Å². The molecule has 1 aromatic heterocycles. The summed E-state index contributed by atoms with van der Waals surface area (Å²) >= 11 is 1.67. The predicted octanol–water partition coefficient (Wildman–Crippen LogP) is 4.89. The van der Waals surface area contributed by atoms with Crippen LogP contribution in [0, 0.1) is 0 Å². The van der Waals surface area contributed by atoms with Gasteiger partial charge < -0.3 is 20.9 Å². The van der Waals surface area contributed by atoms with Crippen LogP contribution in [-0.2, 0) is 0 Å². The Kier molecular flexibility index (Phi) is 8.70. The molecule has 1 heterocycles. The van der Waals surface area contributed by atoms with E-state index in [0.29, 0.717) is 13.0 Å². The smallest absolute Gasteiger partial charge is 0.128 e. The number of aliphatic hydroxyl groups excluding tert-OH is 1. The van der Waals surface area contributed by atoms with Crippen LogP contribution in [0.2, 0.25) is 0 Å². The first kappa shape index (κ1) is 22.9. The fourth-order valence-corrected chi connectivity index (χ4v) is 3.75. The lowest BCUT2D eigenvalue weighted by molar-refractivity contribution is 0.0991.